The molecule has 6 nitrogen and oxygen atoms in total. The molecule has 0 spiro atoms. The maximum atomic E-state index is 12.4. The fraction of sp³-hybridized carbons (Fsp3) is 0.222. The number of esters is 1. The van der Waals surface area contributed by atoms with Crippen LogP contribution in [0.1, 0.15) is 17.3 Å². The number of carbonyl (C=O) groups is 2. The Bertz CT molecular complexity index is 928. The fourth-order valence-electron chi connectivity index (χ4n) is 2.55. The van der Waals surface area contributed by atoms with Gasteiger partial charge in [0.05, 0.1) is 12.1 Å². The molecule has 136 valence electrons. The normalized spacial score (nSPS) is 16.2. The number of hydrogen-bond donors (Lipinski definition) is 0. The number of thioether (sulfide) groups is 1. The number of sulfonamides is 1. The van der Waals surface area contributed by atoms with Gasteiger partial charge in [-0.3, -0.25) is 9.59 Å². The highest BCUT2D eigenvalue weighted by molar-refractivity contribution is 8.00. The van der Waals surface area contributed by atoms with Gasteiger partial charge < -0.3 is 4.74 Å². The first kappa shape index (κ1) is 18.5. The number of nitrogens with zero attached hydrogens (tertiary/aromatic N) is 1. The number of carbonyl (C=O) groups excluding carboxylic acids is 2. The number of hydrogen-bond acceptors (Lipinski definition) is 6. The van der Waals surface area contributed by atoms with E-state index in [4.69, 9.17) is 4.74 Å². The van der Waals surface area contributed by atoms with Crippen LogP contribution < -0.4 is 0 Å². The van der Waals surface area contributed by atoms with Crippen molar-refractivity contribution in [1.82, 2.24) is 4.31 Å². The van der Waals surface area contributed by atoms with Gasteiger partial charge in [-0.1, -0.05) is 30.3 Å². The zero-order valence-corrected chi connectivity index (χ0v) is 15.6. The zero-order valence-electron chi connectivity index (χ0n) is 14.0. The second-order valence-corrected chi connectivity index (χ2v) is 8.86. The van der Waals surface area contributed by atoms with Crippen molar-refractivity contribution >= 4 is 33.7 Å². The van der Waals surface area contributed by atoms with Gasteiger partial charge in [0.25, 0.3) is 15.9 Å². The van der Waals surface area contributed by atoms with E-state index in [1.54, 1.807) is 19.1 Å². The number of benzene rings is 2. The topological polar surface area (TPSA) is 80.8 Å². The summed E-state index contributed by atoms with van der Waals surface area (Å²) in [6, 6.07) is 15.5. The van der Waals surface area contributed by atoms with E-state index in [1.807, 2.05) is 30.3 Å². The molecule has 1 heterocycles. The second-order valence-electron chi connectivity index (χ2n) is 5.62. The lowest BCUT2D eigenvalue weighted by Gasteiger charge is -2.16. The molecule has 0 bridgehead atoms. The van der Waals surface area contributed by atoms with Crippen molar-refractivity contribution < 1.29 is 22.7 Å². The summed E-state index contributed by atoms with van der Waals surface area (Å²) in [5.41, 5.74) is 0.145. The first-order valence-electron chi connectivity index (χ1n) is 7.95. The van der Waals surface area contributed by atoms with E-state index in [0.29, 0.717) is 0 Å². The van der Waals surface area contributed by atoms with Crippen molar-refractivity contribution in [3.05, 3.63) is 60.2 Å². The molecule has 0 aromatic heterocycles. The van der Waals surface area contributed by atoms with Gasteiger partial charge in [0.2, 0.25) is 0 Å². The van der Waals surface area contributed by atoms with Crippen LogP contribution in [0.25, 0.3) is 0 Å². The van der Waals surface area contributed by atoms with E-state index >= 15 is 0 Å². The summed E-state index contributed by atoms with van der Waals surface area (Å²) in [6.07, 6.45) is 0. The lowest BCUT2D eigenvalue weighted by Crippen LogP contribution is -2.34. The summed E-state index contributed by atoms with van der Waals surface area (Å²) >= 11 is 1.35. The average molecular weight is 391 g/mol. The quantitative estimate of drug-likeness (QED) is 0.556. The minimum atomic E-state index is -3.88. The Kier molecular flexibility index (Phi) is 5.33. The van der Waals surface area contributed by atoms with Crippen LogP contribution in [-0.2, 0) is 19.6 Å². The van der Waals surface area contributed by atoms with E-state index in [1.165, 1.54) is 23.9 Å². The second kappa shape index (κ2) is 7.51. The van der Waals surface area contributed by atoms with Crippen molar-refractivity contribution in [3.63, 3.8) is 0 Å². The Morgan fingerprint density at radius 2 is 1.77 bits per heavy atom. The third-order valence-corrected chi connectivity index (χ3v) is 6.77. The van der Waals surface area contributed by atoms with Crippen LogP contribution in [0.2, 0.25) is 0 Å². The minimum Gasteiger partial charge on any atom is -0.463 e. The Hall–Kier alpha value is -2.32. The van der Waals surface area contributed by atoms with Gasteiger partial charge >= 0.3 is 5.97 Å². The summed E-state index contributed by atoms with van der Waals surface area (Å²) < 4.78 is 30.7. The molecule has 2 aromatic rings. The monoisotopic (exact) mass is 391 g/mol. The molecule has 0 aliphatic carbocycles. The highest BCUT2D eigenvalue weighted by Gasteiger charge is 2.40. The standard InChI is InChI=1S/C18H17NO5S2/c1-13(25-14-7-3-2-4-8-14)18(21)24-12-11-19-17(20)15-9-5-6-10-16(15)26(19,22)23/h2-10,13H,11-12H2,1H3/t13-/m1/s1. The Morgan fingerprint density at radius 1 is 1.12 bits per heavy atom. The van der Waals surface area contributed by atoms with Crippen LogP contribution in [0.4, 0.5) is 0 Å². The minimum absolute atomic E-state index is 0.00988. The number of rotatable bonds is 6. The van der Waals surface area contributed by atoms with Gasteiger partial charge in [0.15, 0.2) is 0 Å². The molecule has 1 amide bonds. The molecule has 0 saturated carbocycles. The lowest BCUT2D eigenvalue weighted by molar-refractivity contribution is -0.142. The summed E-state index contributed by atoms with van der Waals surface area (Å²) in [6.45, 7) is 1.33. The molecule has 0 saturated heterocycles. The molecule has 0 radical (unpaired) electrons. The molecule has 1 aliphatic rings. The summed E-state index contributed by atoms with van der Waals surface area (Å²) in [5.74, 6) is -1.05. The smallest absolute Gasteiger partial charge is 0.319 e. The highest BCUT2D eigenvalue weighted by atomic mass is 32.2. The van der Waals surface area contributed by atoms with Crippen LogP contribution >= 0.6 is 11.8 Å². The highest BCUT2D eigenvalue weighted by Crippen LogP contribution is 2.29. The molecule has 8 heteroatoms. The predicted molar refractivity (Wildman–Crippen MR) is 97.4 cm³/mol. The number of amides is 1. The van der Waals surface area contributed by atoms with Gasteiger partial charge in [-0.05, 0) is 31.2 Å². The first-order valence-corrected chi connectivity index (χ1v) is 10.3. The maximum Gasteiger partial charge on any atom is 0.319 e. The van der Waals surface area contributed by atoms with Crippen molar-refractivity contribution in [3.8, 4) is 0 Å². The molecule has 2 aromatic carbocycles. The molecular formula is C18H17NO5S2. The average Bonchev–Trinajstić information content (AvgIpc) is 2.83. The predicted octanol–water partition coefficient (Wildman–Crippen LogP) is 2.56. The summed E-state index contributed by atoms with van der Waals surface area (Å²) in [5, 5.41) is -0.444. The fourth-order valence-corrected chi connectivity index (χ4v) is 4.99. The van der Waals surface area contributed by atoms with Gasteiger partial charge in [0.1, 0.15) is 16.8 Å². The van der Waals surface area contributed by atoms with E-state index in [9.17, 15) is 18.0 Å². The largest absolute Gasteiger partial charge is 0.463 e. The molecular weight excluding hydrogens is 374 g/mol. The molecule has 0 N–H and O–H groups in total. The molecule has 26 heavy (non-hydrogen) atoms. The van der Waals surface area contributed by atoms with Crippen LogP contribution in [0.15, 0.2) is 64.4 Å². The van der Waals surface area contributed by atoms with Crippen LogP contribution in [0.3, 0.4) is 0 Å². The van der Waals surface area contributed by atoms with Crippen molar-refractivity contribution in [2.45, 2.75) is 22.0 Å². The van der Waals surface area contributed by atoms with E-state index in [-0.39, 0.29) is 23.6 Å². The Labute approximate surface area is 156 Å². The Balaban J connectivity index is 1.57. The lowest BCUT2D eigenvalue weighted by atomic mass is 10.2. The van der Waals surface area contributed by atoms with E-state index in [0.717, 1.165) is 9.20 Å². The van der Waals surface area contributed by atoms with E-state index in [2.05, 4.69) is 0 Å². The SMILES string of the molecule is C[C@@H](Sc1ccccc1)C(=O)OCCN1C(=O)c2ccccc2S1(=O)=O. The first-order chi connectivity index (χ1) is 12.4. The van der Waals surface area contributed by atoms with Gasteiger partial charge in [-0.15, -0.1) is 11.8 Å². The number of ether oxygens (including phenoxy) is 1. The third kappa shape index (κ3) is 3.61. The van der Waals surface area contributed by atoms with Crippen LogP contribution in [0.5, 0.6) is 0 Å². The molecule has 0 unspecified atom stereocenters. The maximum absolute atomic E-state index is 12.4. The van der Waals surface area contributed by atoms with Crippen LogP contribution in [0, 0.1) is 0 Å². The Morgan fingerprint density at radius 3 is 2.46 bits per heavy atom. The van der Waals surface area contributed by atoms with Crippen molar-refractivity contribution in [2.75, 3.05) is 13.2 Å². The van der Waals surface area contributed by atoms with Crippen molar-refractivity contribution in [1.29, 1.82) is 0 Å². The summed E-state index contributed by atoms with van der Waals surface area (Å²) in [4.78, 5) is 25.3. The van der Waals surface area contributed by atoms with Crippen LogP contribution in [-0.4, -0.2) is 43.0 Å². The molecule has 3 rings (SSSR count). The van der Waals surface area contributed by atoms with E-state index < -0.39 is 27.1 Å². The zero-order chi connectivity index (χ0) is 18.7. The summed E-state index contributed by atoms with van der Waals surface area (Å²) in [7, 11) is -3.88. The van der Waals surface area contributed by atoms with Gasteiger partial charge in [-0.2, -0.15) is 0 Å². The molecule has 1 atom stereocenters. The van der Waals surface area contributed by atoms with Gasteiger partial charge in [-0.25, -0.2) is 12.7 Å². The van der Waals surface area contributed by atoms with Crippen molar-refractivity contribution in [2.24, 2.45) is 0 Å². The molecule has 1 aliphatic heterocycles. The molecule has 0 fully saturated rings. The van der Waals surface area contributed by atoms with Gasteiger partial charge in [0, 0.05) is 4.90 Å². The third-order valence-electron chi connectivity index (χ3n) is 3.84. The number of fused-ring (bicyclic) bond motifs is 1.